The van der Waals surface area contributed by atoms with E-state index in [1.165, 1.54) is 0 Å². The first-order chi connectivity index (χ1) is 9.69. The molecule has 0 radical (unpaired) electrons. The number of nitrogens with zero attached hydrogens (tertiary/aromatic N) is 2. The number of hydrogen-bond acceptors (Lipinski definition) is 4. The quantitative estimate of drug-likeness (QED) is 0.777. The number of benzene rings is 1. The Labute approximate surface area is 118 Å². The minimum absolute atomic E-state index is 0.550. The fourth-order valence-electron chi connectivity index (χ4n) is 2.22. The molecule has 0 aliphatic heterocycles. The SMILES string of the molecule is CCc1nc(NCC(C)C)c2oc3ccccc3c2n1. The van der Waals surface area contributed by atoms with Gasteiger partial charge in [0.2, 0.25) is 0 Å². The van der Waals surface area contributed by atoms with Gasteiger partial charge in [0.05, 0.1) is 0 Å². The predicted molar refractivity (Wildman–Crippen MR) is 82.0 cm³/mol. The molecule has 0 spiro atoms. The lowest BCUT2D eigenvalue weighted by molar-refractivity contribution is 0.658. The Kier molecular flexibility index (Phi) is 3.30. The molecule has 3 aromatic rings. The Morgan fingerprint density at radius 1 is 1.20 bits per heavy atom. The van der Waals surface area contributed by atoms with Crippen molar-refractivity contribution < 1.29 is 4.42 Å². The summed E-state index contributed by atoms with van der Waals surface area (Å²) in [5.41, 5.74) is 2.51. The fraction of sp³-hybridized carbons (Fsp3) is 0.375. The van der Waals surface area contributed by atoms with Gasteiger partial charge in [0.25, 0.3) is 0 Å². The van der Waals surface area contributed by atoms with Crippen molar-refractivity contribution >= 4 is 27.9 Å². The van der Waals surface area contributed by atoms with Gasteiger partial charge in [-0.25, -0.2) is 9.97 Å². The van der Waals surface area contributed by atoms with Crippen LogP contribution in [0, 0.1) is 5.92 Å². The topological polar surface area (TPSA) is 51.0 Å². The number of furan rings is 1. The lowest BCUT2D eigenvalue weighted by Crippen LogP contribution is -2.10. The molecule has 0 fully saturated rings. The van der Waals surface area contributed by atoms with Gasteiger partial charge in [0.1, 0.15) is 16.9 Å². The normalized spacial score (nSPS) is 11.6. The summed E-state index contributed by atoms with van der Waals surface area (Å²) < 4.78 is 5.93. The number of fused-ring (bicyclic) bond motifs is 3. The molecule has 0 bridgehead atoms. The minimum Gasteiger partial charge on any atom is -0.450 e. The van der Waals surface area contributed by atoms with Gasteiger partial charge in [-0.15, -0.1) is 0 Å². The van der Waals surface area contributed by atoms with Crippen molar-refractivity contribution in [3.63, 3.8) is 0 Å². The van der Waals surface area contributed by atoms with Crippen LogP contribution >= 0.6 is 0 Å². The van der Waals surface area contributed by atoms with E-state index in [1.807, 2.05) is 24.3 Å². The van der Waals surface area contributed by atoms with Gasteiger partial charge in [0, 0.05) is 18.4 Å². The number of rotatable bonds is 4. The second kappa shape index (κ2) is 5.12. The van der Waals surface area contributed by atoms with Crippen LogP contribution in [0.25, 0.3) is 22.1 Å². The van der Waals surface area contributed by atoms with E-state index >= 15 is 0 Å². The Bertz CT molecular complexity index is 746. The highest BCUT2D eigenvalue weighted by Crippen LogP contribution is 2.31. The summed E-state index contributed by atoms with van der Waals surface area (Å²) in [7, 11) is 0. The number of nitrogens with one attached hydrogen (secondary N) is 1. The molecule has 0 unspecified atom stereocenters. The Morgan fingerprint density at radius 3 is 2.75 bits per heavy atom. The Morgan fingerprint density at radius 2 is 2.00 bits per heavy atom. The molecule has 0 amide bonds. The Hall–Kier alpha value is -2.10. The lowest BCUT2D eigenvalue weighted by atomic mass is 10.2. The third-order valence-electron chi connectivity index (χ3n) is 3.26. The van der Waals surface area contributed by atoms with E-state index in [2.05, 4.69) is 36.1 Å². The van der Waals surface area contributed by atoms with Crippen molar-refractivity contribution in [1.82, 2.24) is 9.97 Å². The van der Waals surface area contributed by atoms with Gasteiger partial charge in [0.15, 0.2) is 11.4 Å². The number of anilines is 1. The van der Waals surface area contributed by atoms with Gasteiger partial charge >= 0.3 is 0 Å². The predicted octanol–water partition coefficient (Wildman–Crippen LogP) is 4.01. The summed E-state index contributed by atoms with van der Waals surface area (Å²) in [4.78, 5) is 9.20. The molecule has 1 N–H and O–H groups in total. The van der Waals surface area contributed by atoms with Crippen molar-refractivity contribution in [2.24, 2.45) is 5.92 Å². The number of aryl methyl sites for hydroxylation is 1. The molecule has 4 heteroatoms. The molecule has 1 aromatic carbocycles. The van der Waals surface area contributed by atoms with Crippen molar-refractivity contribution in [2.75, 3.05) is 11.9 Å². The monoisotopic (exact) mass is 269 g/mol. The second-order valence-corrected chi connectivity index (χ2v) is 5.39. The zero-order valence-corrected chi connectivity index (χ0v) is 12.1. The zero-order valence-electron chi connectivity index (χ0n) is 12.1. The second-order valence-electron chi connectivity index (χ2n) is 5.39. The highest BCUT2D eigenvalue weighted by molar-refractivity contribution is 6.05. The summed E-state index contributed by atoms with van der Waals surface area (Å²) in [6.45, 7) is 7.28. The van der Waals surface area contributed by atoms with Crippen LogP contribution in [0.5, 0.6) is 0 Å². The van der Waals surface area contributed by atoms with Gasteiger partial charge in [-0.2, -0.15) is 0 Å². The Balaban J connectivity index is 2.21. The van der Waals surface area contributed by atoms with Crippen LogP contribution in [0.2, 0.25) is 0 Å². The molecule has 2 heterocycles. The first-order valence-electron chi connectivity index (χ1n) is 7.11. The van der Waals surface area contributed by atoms with E-state index in [4.69, 9.17) is 4.42 Å². The van der Waals surface area contributed by atoms with Crippen LogP contribution in [0.15, 0.2) is 28.7 Å². The van der Waals surface area contributed by atoms with E-state index in [0.717, 1.165) is 46.7 Å². The van der Waals surface area contributed by atoms with Crippen molar-refractivity contribution in [3.8, 4) is 0 Å². The van der Waals surface area contributed by atoms with Crippen molar-refractivity contribution in [2.45, 2.75) is 27.2 Å². The molecule has 0 aliphatic carbocycles. The largest absolute Gasteiger partial charge is 0.450 e. The van der Waals surface area contributed by atoms with Gasteiger partial charge in [-0.1, -0.05) is 32.9 Å². The summed E-state index contributed by atoms with van der Waals surface area (Å²) >= 11 is 0. The molecule has 2 aromatic heterocycles. The van der Waals surface area contributed by atoms with Gasteiger partial charge in [-0.05, 0) is 18.1 Å². The molecule has 0 atom stereocenters. The van der Waals surface area contributed by atoms with E-state index in [-0.39, 0.29) is 0 Å². The van der Waals surface area contributed by atoms with E-state index < -0.39 is 0 Å². The van der Waals surface area contributed by atoms with Crippen LogP contribution in [-0.2, 0) is 6.42 Å². The van der Waals surface area contributed by atoms with Crippen molar-refractivity contribution in [3.05, 3.63) is 30.1 Å². The lowest BCUT2D eigenvalue weighted by Gasteiger charge is -2.09. The first kappa shape index (κ1) is 12.9. The smallest absolute Gasteiger partial charge is 0.196 e. The molecule has 0 saturated carbocycles. The average Bonchev–Trinajstić information content (AvgIpc) is 2.83. The maximum Gasteiger partial charge on any atom is 0.196 e. The molecule has 3 rings (SSSR count). The summed E-state index contributed by atoms with van der Waals surface area (Å²) in [6.07, 6.45) is 0.811. The molecular weight excluding hydrogens is 250 g/mol. The van der Waals surface area contributed by atoms with Crippen LogP contribution in [0.3, 0.4) is 0 Å². The van der Waals surface area contributed by atoms with Crippen molar-refractivity contribution in [1.29, 1.82) is 0 Å². The first-order valence-corrected chi connectivity index (χ1v) is 7.11. The third kappa shape index (κ3) is 2.22. The maximum absolute atomic E-state index is 5.93. The van der Waals surface area contributed by atoms with Crippen LogP contribution < -0.4 is 5.32 Å². The molecule has 104 valence electrons. The highest BCUT2D eigenvalue weighted by Gasteiger charge is 2.14. The summed E-state index contributed by atoms with van der Waals surface area (Å²) in [5.74, 6) is 2.20. The van der Waals surface area contributed by atoms with Gasteiger partial charge < -0.3 is 9.73 Å². The fourth-order valence-corrected chi connectivity index (χ4v) is 2.22. The number of hydrogen-bond donors (Lipinski definition) is 1. The van der Waals surface area contributed by atoms with E-state index in [1.54, 1.807) is 0 Å². The van der Waals surface area contributed by atoms with E-state index in [9.17, 15) is 0 Å². The van der Waals surface area contributed by atoms with Gasteiger partial charge in [-0.3, -0.25) is 0 Å². The number of para-hydroxylation sites is 1. The van der Waals surface area contributed by atoms with Crippen LogP contribution in [0.4, 0.5) is 5.82 Å². The average molecular weight is 269 g/mol. The van der Waals surface area contributed by atoms with E-state index in [0.29, 0.717) is 5.92 Å². The van der Waals surface area contributed by atoms with Crippen LogP contribution in [0.1, 0.15) is 26.6 Å². The molecular formula is C16H19N3O. The minimum atomic E-state index is 0.550. The zero-order chi connectivity index (χ0) is 14.1. The molecule has 0 saturated heterocycles. The molecule has 20 heavy (non-hydrogen) atoms. The maximum atomic E-state index is 5.93. The highest BCUT2D eigenvalue weighted by atomic mass is 16.3. The summed E-state index contributed by atoms with van der Waals surface area (Å²) in [6, 6.07) is 7.99. The number of aromatic nitrogens is 2. The standard InChI is InChI=1S/C16H19N3O/c1-4-13-18-14-11-7-5-6-8-12(11)20-15(14)16(19-13)17-9-10(2)3/h5-8,10H,4,9H2,1-3H3,(H,17,18,19). The van der Waals surface area contributed by atoms with Crippen LogP contribution in [-0.4, -0.2) is 16.5 Å². The third-order valence-corrected chi connectivity index (χ3v) is 3.26. The summed E-state index contributed by atoms with van der Waals surface area (Å²) in [5, 5.41) is 4.43. The molecule has 0 aliphatic rings. The molecule has 4 nitrogen and oxygen atoms in total.